The summed E-state index contributed by atoms with van der Waals surface area (Å²) in [5.74, 6) is -1.53. The van der Waals surface area contributed by atoms with Crippen LogP contribution in [0.25, 0.3) is 10.8 Å². The van der Waals surface area contributed by atoms with Gasteiger partial charge in [-0.1, -0.05) is 72.8 Å². The van der Waals surface area contributed by atoms with E-state index < -0.39 is 54.8 Å². The summed E-state index contributed by atoms with van der Waals surface area (Å²) in [6.07, 6.45) is 0. The normalized spacial score (nSPS) is 17.8. The van der Waals surface area contributed by atoms with Crippen LogP contribution in [0.15, 0.2) is 84.9 Å². The van der Waals surface area contributed by atoms with E-state index in [9.17, 15) is 43.2 Å². The fourth-order valence-corrected chi connectivity index (χ4v) is 5.59. The standard InChI is InChI=1S/C26H17F6NO6S2/c27-25(28,29)40(34,35)38-18-13-11-15-12-14-19(39-41(36,37)26(30,31)32)22-20(15)21(18)23(16-7-3-1-4-8-16)33-24(22)17-9-5-2-6-10-17/h1-14,23-24,33H/t23-,24?/m0/s1. The maximum absolute atomic E-state index is 13.3. The van der Waals surface area contributed by atoms with Crippen molar-refractivity contribution in [1.82, 2.24) is 5.32 Å². The van der Waals surface area contributed by atoms with Gasteiger partial charge in [-0.2, -0.15) is 43.2 Å². The third-order valence-corrected chi connectivity index (χ3v) is 8.26. The zero-order valence-electron chi connectivity index (χ0n) is 20.3. The summed E-state index contributed by atoms with van der Waals surface area (Å²) in [7, 11) is -12.3. The molecule has 0 amide bonds. The second-order valence-electron chi connectivity index (χ2n) is 8.87. The van der Waals surface area contributed by atoms with Gasteiger partial charge in [-0.15, -0.1) is 0 Å². The van der Waals surface area contributed by atoms with Gasteiger partial charge in [-0.25, -0.2) is 0 Å². The predicted octanol–water partition coefficient (Wildman–Crippen LogP) is 6.08. The van der Waals surface area contributed by atoms with Crippen LogP contribution in [0.3, 0.4) is 0 Å². The highest BCUT2D eigenvalue weighted by atomic mass is 32.2. The lowest BCUT2D eigenvalue weighted by molar-refractivity contribution is -0.0504. The van der Waals surface area contributed by atoms with Gasteiger partial charge in [-0.05, 0) is 34.0 Å². The highest BCUT2D eigenvalue weighted by Crippen LogP contribution is 2.50. The summed E-state index contributed by atoms with van der Waals surface area (Å²) in [5, 5.41) is 3.32. The summed E-state index contributed by atoms with van der Waals surface area (Å²) in [6.45, 7) is 0. The van der Waals surface area contributed by atoms with Crippen LogP contribution in [0.4, 0.5) is 26.3 Å². The Morgan fingerprint density at radius 3 is 1.27 bits per heavy atom. The Morgan fingerprint density at radius 2 is 0.927 bits per heavy atom. The minimum Gasteiger partial charge on any atom is -0.376 e. The van der Waals surface area contributed by atoms with Crippen molar-refractivity contribution in [2.24, 2.45) is 0 Å². The molecule has 0 saturated heterocycles. The molecule has 0 fully saturated rings. The van der Waals surface area contributed by atoms with Crippen LogP contribution in [0.2, 0.25) is 0 Å². The lowest BCUT2D eigenvalue weighted by Crippen LogP contribution is -2.35. The second-order valence-corrected chi connectivity index (χ2v) is 11.9. The first-order chi connectivity index (χ1) is 19.1. The number of rotatable bonds is 6. The minimum absolute atomic E-state index is 0.0452. The first-order valence-corrected chi connectivity index (χ1v) is 14.4. The second kappa shape index (κ2) is 9.92. The van der Waals surface area contributed by atoms with Crippen molar-refractivity contribution >= 4 is 31.0 Å². The molecule has 4 aromatic carbocycles. The number of hydrogen-bond acceptors (Lipinski definition) is 7. The van der Waals surface area contributed by atoms with Crippen LogP contribution in [-0.4, -0.2) is 27.9 Å². The molecule has 41 heavy (non-hydrogen) atoms. The van der Waals surface area contributed by atoms with Gasteiger partial charge >= 0.3 is 31.3 Å². The molecule has 7 nitrogen and oxygen atoms in total. The molecular formula is C26H17F6NO6S2. The lowest BCUT2D eigenvalue weighted by atomic mass is 9.81. The zero-order chi connectivity index (χ0) is 29.8. The monoisotopic (exact) mass is 617 g/mol. The molecule has 1 N–H and O–H groups in total. The summed E-state index contributed by atoms with van der Waals surface area (Å²) in [5.41, 5.74) is -11.1. The average molecular weight is 618 g/mol. The molecule has 0 aliphatic carbocycles. The number of hydrogen-bond donors (Lipinski definition) is 1. The van der Waals surface area contributed by atoms with Crippen LogP contribution < -0.4 is 13.7 Å². The molecule has 0 radical (unpaired) electrons. The number of halogens is 6. The average Bonchev–Trinajstić information content (AvgIpc) is 2.90. The van der Waals surface area contributed by atoms with Crippen molar-refractivity contribution in [2.45, 2.75) is 23.1 Å². The summed E-state index contributed by atoms with van der Waals surface area (Å²) in [6, 6.07) is 18.4. The van der Waals surface area contributed by atoms with Gasteiger partial charge in [0.2, 0.25) is 0 Å². The third-order valence-electron chi connectivity index (χ3n) is 6.33. The first-order valence-electron chi connectivity index (χ1n) is 11.6. The third kappa shape index (κ3) is 5.20. The SMILES string of the molecule is O=S(=O)(Oc1ccc2ccc(OS(=O)(=O)C(F)(F)F)c3c2c1C(c1ccccc1)N[C@H]3c1ccccc1)C(F)(F)F. The van der Waals surface area contributed by atoms with E-state index in [4.69, 9.17) is 0 Å². The van der Waals surface area contributed by atoms with E-state index in [0.29, 0.717) is 11.1 Å². The van der Waals surface area contributed by atoms with Crippen molar-refractivity contribution in [3.8, 4) is 11.5 Å². The largest absolute Gasteiger partial charge is 0.534 e. The summed E-state index contributed by atoms with van der Waals surface area (Å²) < 4.78 is 137. The molecule has 4 aromatic rings. The summed E-state index contributed by atoms with van der Waals surface area (Å²) >= 11 is 0. The lowest BCUT2D eigenvalue weighted by Gasteiger charge is -2.36. The van der Waals surface area contributed by atoms with Gasteiger partial charge in [0.25, 0.3) is 0 Å². The first kappa shape index (κ1) is 28.7. The van der Waals surface area contributed by atoms with Gasteiger partial charge in [0.1, 0.15) is 11.5 Å². The van der Waals surface area contributed by atoms with Crippen molar-refractivity contribution in [2.75, 3.05) is 0 Å². The Hall–Kier alpha value is -3.82. The molecule has 216 valence electrons. The fraction of sp³-hybridized carbons (Fsp3) is 0.154. The van der Waals surface area contributed by atoms with E-state index in [1.54, 1.807) is 60.7 Å². The van der Waals surface area contributed by atoms with E-state index >= 15 is 0 Å². The van der Waals surface area contributed by atoms with Gasteiger partial charge in [-0.3, -0.25) is 5.32 Å². The highest BCUT2D eigenvalue weighted by Gasteiger charge is 2.51. The molecule has 5 rings (SSSR count). The molecule has 0 spiro atoms. The Labute approximate surface area is 229 Å². The summed E-state index contributed by atoms with van der Waals surface area (Å²) in [4.78, 5) is 0. The Kier molecular flexibility index (Phi) is 6.94. The van der Waals surface area contributed by atoms with E-state index in [1.165, 1.54) is 12.1 Å². The van der Waals surface area contributed by atoms with Gasteiger partial charge < -0.3 is 8.37 Å². The molecule has 0 bridgehead atoms. The van der Waals surface area contributed by atoms with E-state index in [-0.39, 0.29) is 21.9 Å². The van der Waals surface area contributed by atoms with Gasteiger partial charge in [0.05, 0.1) is 12.1 Å². The minimum atomic E-state index is -6.17. The van der Waals surface area contributed by atoms with E-state index in [2.05, 4.69) is 13.7 Å². The molecular weight excluding hydrogens is 600 g/mol. The van der Waals surface area contributed by atoms with Gasteiger partial charge in [0.15, 0.2) is 0 Å². The van der Waals surface area contributed by atoms with Crippen molar-refractivity contribution in [3.63, 3.8) is 0 Å². The Bertz CT molecular complexity index is 1700. The van der Waals surface area contributed by atoms with E-state index in [1.807, 2.05) is 0 Å². The van der Waals surface area contributed by atoms with Gasteiger partial charge in [0, 0.05) is 11.1 Å². The van der Waals surface area contributed by atoms with E-state index in [0.717, 1.165) is 12.1 Å². The topological polar surface area (TPSA) is 98.8 Å². The maximum Gasteiger partial charge on any atom is 0.534 e. The van der Waals surface area contributed by atoms with Crippen LogP contribution in [0.5, 0.6) is 11.5 Å². The number of nitrogens with one attached hydrogen (secondary N) is 1. The van der Waals surface area contributed by atoms with Crippen molar-refractivity contribution in [1.29, 1.82) is 0 Å². The maximum atomic E-state index is 13.3. The zero-order valence-corrected chi connectivity index (χ0v) is 21.9. The van der Waals surface area contributed by atoms with Crippen LogP contribution in [0.1, 0.15) is 34.3 Å². The van der Waals surface area contributed by atoms with Crippen LogP contribution >= 0.6 is 0 Å². The smallest absolute Gasteiger partial charge is 0.376 e. The quantitative estimate of drug-likeness (QED) is 0.159. The Morgan fingerprint density at radius 1 is 0.561 bits per heavy atom. The molecule has 2 atom stereocenters. The molecule has 1 unspecified atom stereocenters. The van der Waals surface area contributed by atoms with Crippen molar-refractivity contribution < 1.29 is 51.5 Å². The predicted molar refractivity (Wildman–Crippen MR) is 135 cm³/mol. The molecule has 15 heteroatoms. The number of benzene rings is 4. The number of alkyl halides is 6. The fourth-order valence-electron chi connectivity index (χ4n) is 4.63. The molecule has 1 heterocycles. The van der Waals surface area contributed by atoms with Crippen LogP contribution in [0, 0.1) is 0 Å². The molecule has 0 aromatic heterocycles. The molecule has 1 aliphatic heterocycles. The van der Waals surface area contributed by atoms with Crippen LogP contribution in [-0.2, 0) is 20.2 Å². The van der Waals surface area contributed by atoms with Crippen molar-refractivity contribution in [3.05, 3.63) is 107 Å². The Balaban J connectivity index is 1.88. The highest BCUT2D eigenvalue weighted by molar-refractivity contribution is 7.88. The molecule has 1 aliphatic rings. The molecule has 0 saturated carbocycles.